The summed E-state index contributed by atoms with van der Waals surface area (Å²) in [7, 11) is 0. The van der Waals surface area contributed by atoms with Crippen LogP contribution < -0.4 is 5.32 Å². The van der Waals surface area contributed by atoms with Gasteiger partial charge in [0.05, 0.1) is 18.2 Å². The number of aryl methyl sites for hydroxylation is 2. The van der Waals surface area contributed by atoms with E-state index in [2.05, 4.69) is 15.9 Å². The van der Waals surface area contributed by atoms with Crippen molar-refractivity contribution in [3.05, 3.63) is 61.8 Å². The molecule has 6 heteroatoms. The SMILES string of the molecule is Cc1noc(C)c1CC(=O)N[C@@H](c1ccsc1)c1cccs1. The number of thiophene rings is 2. The zero-order chi connectivity index (χ0) is 15.5. The standard InChI is InChI=1S/C16H16N2O2S2/c1-10-13(11(2)20-18-10)8-15(19)17-16(12-5-7-21-9-12)14-4-3-6-22-14/h3-7,9,16H,8H2,1-2H3,(H,17,19)/t16-/m0/s1. The number of nitrogens with zero attached hydrogens (tertiary/aromatic N) is 1. The molecule has 1 N–H and O–H groups in total. The van der Waals surface area contributed by atoms with Crippen molar-refractivity contribution in [1.82, 2.24) is 10.5 Å². The van der Waals surface area contributed by atoms with E-state index < -0.39 is 0 Å². The predicted octanol–water partition coefficient (Wildman–Crippen LogP) is 3.86. The van der Waals surface area contributed by atoms with Crippen LogP contribution in [0.1, 0.15) is 33.5 Å². The molecule has 0 aliphatic rings. The topological polar surface area (TPSA) is 55.1 Å². The molecule has 0 bridgehead atoms. The maximum absolute atomic E-state index is 12.4. The van der Waals surface area contributed by atoms with E-state index >= 15 is 0 Å². The molecule has 0 aliphatic heterocycles. The van der Waals surface area contributed by atoms with Crippen molar-refractivity contribution in [2.45, 2.75) is 26.3 Å². The lowest BCUT2D eigenvalue weighted by Crippen LogP contribution is -2.30. The first-order valence-corrected chi connectivity index (χ1v) is 8.74. The van der Waals surface area contributed by atoms with Gasteiger partial charge in [-0.25, -0.2) is 0 Å². The van der Waals surface area contributed by atoms with Crippen LogP contribution in [-0.2, 0) is 11.2 Å². The van der Waals surface area contributed by atoms with Crippen molar-refractivity contribution in [3.8, 4) is 0 Å². The first-order chi connectivity index (χ1) is 10.6. The van der Waals surface area contributed by atoms with Gasteiger partial charge in [-0.15, -0.1) is 11.3 Å². The van der Waals surface area contributed by atoms with E-state index in [0.717, 1.165) is 21.7 Å². The monoisotopic (exact) mass is 332 g/mol. The Bertz CT molecular complexity index is 692. The molecule has 4 nitrogen and oxygen atoms in total. The van der Waals surface area contributed by atoms with Crippen LogP contribution in [0, 0.1) is 13.8 Å². The number of amides is 1. The van der Waals surface area contributed by atoms with Gasteiger partial charge in [-0.05, 0) is 47.7 Å². The molecule has 0 radical (unpaired) electrons. The molecule has 0 saturated carbocycles. The molecule has 3 aromatic heterocycles. The van der Waals surface area contributed by atoms with Crippen molar-refractivity contribution in [3.63, 3.8) is 0 Å². The highest BCUT2D eigenvalue weighted by molar-refractivity contribution is 7.10. The van der Waals surface area contributed by atoms with Crippen LogP contribution in [0.5, 0.6) is 0 Å². The van der Waals surface area contributed by atoms with Crippen LogP contribution in [0.2, 0.25) is 0 Å². The number of hydrogen-bond donors (Lipinski definition) is 1. The van der Waals surface area contributed by atoms with Crippen molar-refractivity contribution >= 4 is 28.6 Å². The fraction of sp³-hybridized carbons (Fsp3) is 0.250. The molecule has 114 valence electrons. The van der Waals surface area contributed by atoms with Crippen molar-refractivity contribution in [2.75, 3.05) is 0 Å². The molecule has 0 spiro atoms. The van der Waals surface area contributed by atoms with Gasteiger partial charge in [-0.2, -0.15) is 11.3 Å². The third-order valence-corrected chi connectivity index (χ3v) is 5.17. The highest BCUT2D eigenvalue weighted by Crippen LogP contribution is 2.27. The predicted molar refractivity (Wildman–Crippen MR) is 88.3 cm³/mol. The fourth-order valence-corrected chi connectivity index (χ4v) is 3.83. The average molecular weight is 332 g/mol. The van der Waals surface area contributed by atoms with Gasteiger partial charge in [0.1, 0.15) is 5.76 Å². The summed E-state index contributed by atoms with van der Waals surface area (Å²) in [5, 5.41) is 13.1. The summed E-state index contributed by atoms with van der Waals surface area (Å²) in [6.07, 6.45) is 0.285. The Hall–Kier alpha value is -1.92. The first-order valence-electron chi connectivity index (χ1n) is 6.91. The molecular weight excluding hydrogens is 316 g/mol. The third-order valence-electron chi connectivity index (χ3n) is 3.53. The maximum Gasteiger partial charge on any atom is 0.225 e. The number of nitrogens with one attached hydrogen (secondary N) is 1. The summed E-state index contributed by atoms with van der Waals surface area (Å²) in [5.74, 6) is 0.676. The Labute approximate surface area is 136 Å². The quantitative estimate of drug-likeness (QED) is 0.772. The van der Waals surface area contributed by atoms with Crippen LogP contribution in [0.3, 0.4) is 0 Å². The molecule has 22 heavy (non-hydrogen) atoms. The lowest BCUT2D eigenvalue weighted by Gasteiger charge is -2.16. The molecule has 3 heterocycles. The van der Waals surface area contributed by atoms with Gasteiger partial charge < -0.3 is 9.84 Å². The van der Waals surface area contributed by atoms with Gasteiger partial charge in [0, 0.05) is 10.4 Å². The van der Waals surface area contributed by atoms with Gasteiger partial charge in [-0.3, -0.25) is 4.79 Å². The minimum Gasteiger partial charge on any atom is -0.361 e. The van der Waals surface area contributed by atoms with Gasteiger partial charge >= 0.3 is 0 Å². The Morgan fingerprint density at radius 1 is 1.36 bits per heavy atom. The normalized spacial score (nSPS) is 12.3. The number of aromatic nitrogens is 1. The van der Waals surface area contributed by atoms with Crippen molar-refractivity contribution < 1.29 is 9.32 Å². The largest absolute Gasteiger partial charge is 0.361 e. The summed E-state index contributed by atoms with van der Waals surface area (Å²) in [6, 6.07) is 5.99. The molecular formula is C16H16N2O2S2. The van der Waals surface area contributed by atoms with Crippen LogP contribution >= 0.6 is 22.7 Å². The second kappa shape index (κ2) is 6.46. The first kappa shape index (κ1) is 15.0. The zero-order valence-corrected chi connectivity index (χ0v) is 14.0. The van der Waals surface area contributed by atoms with Gasteiger partial charge in [0.15, 0.2) is 0 Å². The second-order valence-corrected chi connectivity index (χ2v) is 6.81. The molecule has 0 fully saturated rings. The minimum absolute atomic E-state index is 0.0287. The zero-order valence-electron chi connectivity index (χ0n) is 12.3. The summed E-state index contributed by atoms with van der Waals surface area (Å²) in [6.45, 7) is 3.69. The summed E-state index contributed by atoms with van der Waals surface area (Å²) < 4.78 is 5.12. The van der Waals surface area contributed by atoms with Crippen LogP contribution in [-0.4, -0.2) is 11.1 Å². The molecule has 0 saturated heterocycles. The summed E-state index contributed by atoms with van der Waals surface area (Å²) in [4.78, 5) is 13.6. The highest BCUT2D eigenvalue weighted by atomic mass is 32.1. The van der Waals surface area contributed by atoms with E-state index in [4.69, 9.17) is 4.52 Å². The second-order valence-electron chi connectivity index (χ2n) is 5.05. The van der Waals surface area contributed by atoms with E-state index in [9.17, 15) is 4.79 Å². The molecule has 0 aromatic carbocycles. The number of carbonyl (C=O) groups excluding carboxylic acids is 1. The maximum atomic E-state index is 12.4. The van der Waals surface area contributed by atoms with Crippen LogP contribution in [0.4, 0.5) is 0 Å². The smallest absolute Gasteiger partial charge is 0.225 e. The van der Waals surface area contributed by atoms with E-state index in [1.54, 1.807) is 22.7 Å². The Morgan fingerprint density at radius 3 is 2.82 bits per heavy atom. The van der Waals surface area contributed by atoms with Crippen molar-refractivity contribution in [1.29, 1.82) is 0 Å². The Kier molecular flexibility index (Phi) is 4.40. The third kappa shape index (κ3) is 3.13. The molecule has 0 unspecified atom stereocenters. The lowest BCUT2D eigenvalue weighted by atomic mass is 10.1. The van der Waals surface area contributed by atoms with Gasteiger partial charge in [0.2, 0.25) is 5.91 Å². The number of hydrogen-bond acceptors (Lipinski definition) is 5. The molecule has 3 aromatic rings. The van der Waals surface area contributed by atoms with Crippen LogP contribution in [0.25, 0.3) is 0 Å². The highest BCUT2D eigenvalue weighted by Gasteiger charge is 2.20. The minimum atomic E-state index is -0.0979. The summed E-state index contributed by atoms with van der Waals surface area (Å²) in [5.41, 5.74) is 2.75. The van der Waals surface area contributed by atoms with Gasteiger partial charge in [0.25, 0.3) is 0 Å². The average Bonchev–Trinajstić information content (AvgIpc) is 3.23. The molecule has 0 aliphatic carbocycles. The van der Waals surface area contributed by atoms with Gasteiger partial charge in [-0.1, -0.05) is 11.2 Å². The van der Waals surface area contributed by atoms with E-state index in [1.807, 2.05) is 42.8 Å². The number of rotatable bonds is 5. The van der Waals surface area contributed by atoms with E-state index in [0.29, 0.717) is 5.76 Å². The van der Waals surface area contributed by atoms with Crippen LogP contribution in [0.15, 0.2) is 38.9 Å². The summed E-state index contributed by atoms with van der Waals surface area (Å²) >= 11 is 3.28. The Balaban J connectivity index is 1.78. The Morgan fingerprint density at radius 2 is 2.23 bits per heavy atom. The fourth-order valence-electron chi connectivity index (χ4n) is 2.34. The molecule has 1 atom stereocenters. The lowest BCUT2D eigenvalue weighted by molar-refractivity contribution is -0.120. The van der Waals surface area contributed by atoms with E-state index in [-0.39, 0.29) is 18.4 Å². The number of carbonyl (C=O) groups is 1. The molecule has 3 rings (SSSR count). The molecule has 1 amide bonds. The van der Waals surface area contributed by atoms with E-state index in [1.165, 1.54) is 0 Å². The van der Waals surface area contributed by atoms with Crippen molar-refractivity contribution in [2.24, 2.45) is 0 Å².